The molecule has 0 aromatic heterocycles. The fourth-order valence-corrected chi connectivity index (χ4v) is 8.61. The van der Waals surface area contributed by atoms with E-state index in [2.05, 4.69) is 106 Å². The minimum atomic E-state index is -4.76. The summed E-state index contributed by atoms with van der Waals surface area (Å²) in [5, 5.41) is 9.82. The molecule has 0 fully saturated rings. The largest absolute Gasteiger partial charge is 0.472 e. The van der Waals surface area contributed by atoms with E-state index in [0.29, 0.717) is 19.3 Å². The van der Waals surface area contributed by atoms with Crippen molar-refractivity contribution in [2.75, 3.05) is 26.4 Å². The van der Waals surface area contributed by atoms with Crippen LogP contribution < -0.4 is 0 Å². The van der Waals surface area contributed by atoms with Crippen molar-refractivity contribution in [2.45, 2.75) is 264 Å². The number of allylic oxidation sites excluding steroid dienone is 14. The second kappa shape index (κ2) is 55.9. The first-order valence-electron chi connectivity index (χ1n) is 29.5. The van der Waals surface area contributed by atoms with Gasteiger partial charge in [0.25, 0.3) is 0 Å². The van der Waals surface area contributed by atoms with Crippen LogP contribution in [0.2, 0.25) is 0 Å². The van der Waals surface area contributed by atoms with E-state index in [0.717, 1.165) is 135 Å². The van der Waals surface area contributed by atoms with Crippen molar-refractivity contribution in [1.29, 1.82) is 0 Å². The number of phosphoric acid groups is 1. The average Bonchev–Trinajstić information content (AvgIpc) is 3.39. The highest BCUT2D eigenvalue weighted by molar-refractivity contribution is 7.47. The molecule has 0 amide bonds. The molecule has 0 bridgehead atoms. The van der Waals surface area contributed by atoms with Crippen LogP contribution in [0.1, 0.15) is 252 Å². The monoisotopic (exact) mass is 1060 g/mol. The zero-order valence-corrected chi connectivity index (χ0v) is 47.9. The van der Waals surface area contributed by atoms with Crippen molar-refractivity contribution in [2.24, 2.45) is 0 Å². The topological polar surface area (TPSA) is 155 Å². The third-order valence-corrected chi connectivity index (χ3v) is 13.3. The molecule has 2 N–H and O–H groups in total. The number of hydrogen-bond donors (Lipinski definition) is 2. The van der Waals surface area contributed by atoms with Gasteiger partial charge in [-0.25, -0.2) is 4.57 Å². The van der Waals surface area contributed by atoms with Gasteiger partial charge >= 0.3 is 25.7 Å². The van der Waals surface area contributed by atoms with Crippen LogP contribution in [-0.2, 0) is 42.2 Å². The van der Waals surface area contributed by atoms with Gasteiger partial charge in [-0.1, -0.05) is 221 Å². The van der Waals surface area contributed by atoms with Crippen molar-refractivity contribution in [3.05, 3.63) is 85.1 Å². The van der Waals surface area contributed by atoms with E-state index < -0.39 is 57.8 Å². The number of hydrogen-bond acceptors (Lipinski definition) is 10. The highest BCUT2D eigenvalue weighted by Gasteiger charge is 2.28. The number of carbonyl (C=O) groups excluding carboxylic acids is 3. The van der Waals surface area contributed by atoms with Gasteiger partial charge in [0, 0.05) is 19.3 Å². The van der Waals surface area contributed by atoms with Gasteiger partial charge in [0.1, 0.15) is 12.7 Å². The van der Waals surface area contributed by atoms with E-state index in [1.165, 1.54) is 57.8 Å². The quantitative estimate of drug-likeness (QED) is 0.0197. The lowest BCUT2D eigenvalue weighted by Crippen LogP contribution is -2.30. The van der Waals surface area contributed by atoms with E-state index >= 15 is 0 Å². The van der Waals surface area contributed by atoms with Gasteiger partial charge in [-0.2, -0.15) is 0 Å². The third kappa shape index (κ3) is 53.5. The van der Waals surface area contributed by atoms with Crippen LogP contribution in [0, 0.1) is 0 Å². The van der Waals surface area contributed by atoms with Gasteiger partial charge in [-0.05, 0) is 96.3 Å². The molecule has 3 unspecified atom stereocenters. The second-order valence-electron chi connectivity index (χ2n) is 19.4. The van der Waals surface area contributed by atoms with Crippen molar-refractivity contribution in [3.63, 3.8) is 0 Å². The van der Waals surface area contributed by atoms with Crippen molar-refractivity contribution in [1.82, 2.24) is 0 Å². The Morgan fingerprint density at radius 3 is 1.11 bits per heavy atom. The normalized spacial score (nSPS) is 14.0. The van der Waals surface area contributed by atoms with Gasteiger partial charge in [-0.15, -0.1) is 0 Å². The standard InChI is InChI=1S/C62H107O11P/c1-4-7-10-13-16-19-21-23-25-27-29-31-33-35-37-40-43-46-49-52-61(65)72-58(54-63)56-70-74(67,68)71-57-59(55-69-60(64)51-48-45-42-39-18-15-12-9-6-3)73-62(66)53-50-47-44-41-38-36-34-32-30-28-26-24-22-20-17-14-11-8-5-2/h8,11,16-17,19-20,23-26,29-32,58-59,63H,4-7,9-10,12-15,18,21-22,27-28,33-57H2,1-3H3,(H,67,68)/b11-8-,19-16-,20-17-,25-23-,26-24-,31-29-,32-30-. The maximum absolute atomic E-state index is 12.9. The van der Waals surface area contributed by atoms with Crippen LogP contribution in [0.15, 0.2) is 85.1 Å². The molecule has 0 heterocycles. The molecule has 0 radical (unpaired) electrons. The summed E-state index contributed by atoms with van der Waals surface area (Å²) in [5.41, 5.74) is 0. The average molecular weight is 1060 g/mol. The van der Waals surface area contributed by atoms with Crippen LogP contribution in [0.4, 0.5) is 0 Å². The summed E-state index contributed by atoms with van der Waals surface area (Å²) in [6.07, 6.45) is 64.0. The first kappa shape index (κ1) is 70.7. The zero-order chi connectivity index (χ0) is 54.1. The lowest BCUT2D eigenvalue weighted by atomic mass is 10.1. The molecule has 74 heavy (non-hydrogen) atoms. The second-order valence-corrected chi connectivity index (χ2v) is 20.9. The smallest absolute Gasteiger partial charge is 0.462 e. The molecule has 11 nitrogen and oxygen atoms in total. The predicted octanol–water partition coefficient (Wildman–Crippen LogP) is 17.5. The summed E-state index contributed by atoms with van der Waals surface area (Å²) >= 11 is 0. The predicted molar refractivity (Wildman–Crippen MR) is 307 cm³/mol. The number of carbonyl (C=O) groups is 3. The number of esters is 3. The molecule has 0 aromatic carbocycles. The van der Waals surface area contributed by atoms with Gasteiger partial charge < -0.3 is 24.2 Å². The minimum absolute atomic E-state index is 0.149. The molecule has 0 saturated heterocycles. The van der Waals surface area contributed by atoms with Gasteiger partial charge in [0.2, 0.25) is 0 Å². The molecule has 426 valence electrons. The highest BCUT2D eigenvalue weighted by atomic mass is 31.2. The molecule has 0 spiro atoms. The number of ether oxygens (including phenoxy) is 3. The van der Waals surface area contributed by atoms with E-state index in [-0.39, 0.29) is 25.9 Å². The number of unbranched alkanes of at least 4 members (excludes halogenated alkanes) is 23. The highest BCUT2D eigenvalue weighted by Crippen LogP contribution is 2.43. The number of aliphatic hydroxyl groups is 1. The number of phosphoric ester groups is 1. The Kier molecular flexibility index (Phi) is 53.4. The lowest BCUT2D eigenvalue weighted by Gasteiger charge is -2.21. The van der Waals surface area contributed by atoms with Gasteiger partial charge in [0.05, 0.1) is 19.8 Å². The summed E-state index contributed by atoms with van der Waals surface area (Å²) in [6.45, 7) is 4.46. The van der Waals surface area contributed by atoms with Crippen molar-refractivity contribution < 1.29 is 52.2 Å². The Morgan fingerprint density at radius 1 is 0.392 bits per heavy atom. The fraction of sp³-hybridized carbons (Fsp3) is 0.726. The van der Waals surface area contributed by atoms with Crippen LogP contribution in [0.25, 0.3) is 0 Å². The Labute approximate surface area is 451 Å². The van der Waals surface area contributed by atoms with Crippen molar-refractivity contribution >= 4 is 25.7 Å². The summed E-state index contributed by atoms with van der Waals surface area (Å²) in [7, 11) is -4.76. The minimum Gasteiger partial charge on any atom is -0.462 e. The third-order valence-electron chi connectivity index (χ3n) is 12.3. The summed E-state index contributed by atoms with van der Waals surface area (Å²) in [5.74, 6) is -1.49. The molecule has 0 aromatic rings. The fourth-order valence-electron chi connectivity index (χ4n) is 7.82. The molecule has 0 aliphatic heterocycles. The van der Waals surface area contributed by atoms with E-state index in [4.69, 9.17) is 23.3 Å². The van der Waals surface area contributed by atoms with Crippen LogP contribution in [0.3, 0.4) is 0 Å². The lowest BCUT2D eigenvalue weighted by molar-refractivity contribution is -0.161. The SMILES string of the molecule is CC/C=C\C/C=C\C/C=C\C/C=C\CCCCCCCCC(=O)OC(COC(=O)CCCCCCCCCCC)COP(=O)(O)OCC(CO)OC(=O)CCCCCCCC/C=C\C/C=C\C/C=C\CCCCC. The van der Waals surface area contributed by atoms with Crippen LogP contribution >= 0.6 is 7.82 Å². The van der Waals surface area contributed by atoms with Crippen LogP contribution in [-0.4, -0.2) is 66.5 Å². The van der Waals surface area contributed by atoms with E-state index in [1.54, 1.807) is 0 Å². The Balaban J connectivity index is 4.64. The molecule has 0 saturated carbocycles. The van der Waals surface area contributed by atoms with Gasteiger partial charge in [0.15, 0.2) is 6.10 Å². The summed E-state index contributed by atoms with van der Waals surface area (Å²) in [4.78, 5) is 48.5. The van der Waals surface area contributed by atoms with Crippen LogP contribution in [0.5, 0.6) is 0 Å². The molecular weight excluding hydrogens is 952 g/mol. The maximum atomic E-state index is 12.9. The first-order chi connectivity index (χ1) is 36.2. The van der Waals surface area contributed by atoms with E-state index in [9.17, 15) is 28.9 Å². The number of aliphatic hydroxyl groups excluding tert-OH is 1. The Morgan fingerprint density at radius 2 is 0.703 bits per heavy atom. The molecule has 3 atom stereocenters. The first-order valence-corrected chi connectivity index (χ1v) is 31.0. The number of rotatable bonds is 54. The van der Waals surface area contributed by atoms with E-state index in [1.807, 2.05) is 0 Å². The molecule has 0 aliphatic rings. The molecule has 12 heteroatoms. The van der Waals surface area contributed by atoms with Crippen molar-refractivity contribution in [3.8, 4) is 0 Å². The maximum Gasteiger partial charge on any atom is 0.472 e. The zero-order valence-electron chi connectivity index (χ0n) is 47.0. The summed E-state index contributed by atoms with van der Waals surface area (Å²) in [6, 6.07) is 0. The molecular formula is C62H107O11P. The molecule has 0 aliphatic carbocycles. The Bertz CT molecular complexity index is 1560. The Hall–Kier alpha value is -3.34. The molecule has 0 rings (SSSR count). The van der Waals surface area contributed by atoms with Gasteiger partial charge in [-0.3, -0.25) is 23.4 Å². The summed E-state index contributed by atoms with van der Waals surface area (Å²) < 4.78 is 39.5.